The number of hydrogen-bond acceptors (Lipinski definition) is 5. The van der Waals surface area contributed by atoms with Crippen LogP contribution in [0.4, 0.5) is 0 Å². The highest BCUT2D eigenvalue weighted by Gasteiger charge is 2.62. The first kappa shape index (κ1) is 15.6. The van der Waals surface area contributed by atoms with Gasteiger partial charge >= 0.3 is 0 Å². The zero-order valence-electron chi connectivity index (χ0n) is 12.7. The fourth-order valence-corrected chi connectivity index (χ4v) is 5.11. The second-order valence-electron chi connectivity index (χ2n) is 6.46. The maximum absolute atomic E-state index is 13.0. The lowest BCUT2D eigenvalue weighted by molar-refractivity contribution is -0.231. The summed E-state index contributed by atoms with van der Waals surface area (Å²) in [6, 6.07) is 8.18. The van der Waals surface area contributed by atoms with Crippen molar-refractivity contribution < 1.29 is 22.7 Å². The molecule has 22 heavy (non-hydrogen) atoms. The molecule has 1 aromatic rings. The van der Waals surface area contributed by atoms with Crippen LogP contribution in [0, 0.1) is 5.41 Å². The van der Waals surface area contributed by atoms with Gasteiger partial charge in [0.15, 0.2) is 15.6 Å². The molecule has 2 heterocycles. The number of carbonyl (C=O) groups is 1. The number of hydrogen-bond donors (Lipinski definition) is 0. The summed E-state index contributed by atoms with van der Waals surface area (Å²) in [4.78, 5) is 13.0. The Hall–Kier alpha value is -1.24. The lowest BCUT2D eigenvalue weighted by Gasteiger charge is -2.42. The summed E-state index contributed by atoms with van der Waals surface area (Å²) in [5.74, 6) is -1.93. The van der Waals surface area contributed by atoms with E-state index in [4.69, 9.17) is 9.47 Å². The largest absolute Gasteiger partial charge is 0.343 e. The van der Waals surface area contributed by atoms with E-state index in [0.717, 1.165) is 0 Å². The van der Waals surface area contributed by atoms with E-state index in [1.165, 1.54) is 0 Å². The smallest absolute Gasteiger partial charge is 0.247 e. The highest BCUT2D eigenvalue weighted by molar-refractivity contribution is 7.92. The first-order valence-electron chi connectivity index (χ1n) is 7.42. The summed E-state index contributed by atoms with van der Waals surface area (Å²) in [5, 5.41) is -0.991. The summed E-state index contributed by atoms with van der Waals surface area (Å²) >= 11 is 0. The SMILES string of the molecule is CC1(C)CCO[C@@]2(OCC[C@@H]2S(=O)(=O)c2ccccc2)C1=O. The third kappa shape index (κ3) is 2.21. The summed E-state index contributed by atoms with van der Waals surface area (Å²) in [7, 11) is -3.70. The molecule has 0 unspecified atom stereocenters. The molecule has 2 saturated heterocycles. The van der Waals surface area contributed by atoms with Crippen molar-refractivity contribution in [2.75, 3.05) is 13.2 Å². The summed E-state index contributed by atoms with van der Waals surface area (Å²) in [6.07, 6.45) is 0.827. The number of carbonyl (C=O) groups excluding carboxylic acids is 1. The Balaban J connectivity index is 2.06. The van der Waals surface area contributed by atoms with Crippen LogP contribution < -0.4 is 0 Å². The molecule has 0 bridgehead atoms. The van der Waals surface area contributed by atoms with Crippen LogP contribution in [0.2, 0.25) is 0 Å². The third-order valence-electron chi connectivity index (χ3n) is 4.54. The Kier molecular flexibility index (Phi) is 3.66. The number of ether oxygens (including phenoxy) is 2. The number of benzene rings is 1. The molecule has 120 valence electrons. The van der Waals surface area contributed by atoms with Crippen LogP contribution in [-0.4, -0.2) is 38.5 Å². The highest BCUT2D eigenvalue weighted by Crippen LogP contribution is 2.44. The monoisotopic (exact) mass is 324 g/mol. The van der Waals surface area contributed by atoms with Crippen LogP contribution >= 0.6 is 0 Å². The number of ketones is 1. The van der Waals surface area contributed by atoms with Crippen LogP contribution in [-0.2, 0) is 24.1 Å². The number of Topliss-reactive ketones (excluding diaryl/α,β-unsaturated/α-hetero) is 1. The van der Waals surface area contributed by atoms with E-state index in [1.54, 1.807) is 30.3 Å². The van der Waals surface area contributed by atoms with Crippen molar-refractivity contribution in [3.63, 3.8) is 0 Å². The molecule has 0 aromatic heterocycles. The van der Waals surface area contributed by atoms with E-state index in [1.807, 2.05) is 13.8 Å². The van der Waals surface area contributed by atoms with Crippen molar-refractivity contribution in [2.24, 2.45) is 5.41 Å². The Morgan fingerprint density at radius 3 is 2.41 bits per heavy atom. The molecular weight excluding hydrogens is 304 g/mol. The predicted octanol–water partition coefficient (Wildman–Crippen LogP) is 1.96. The van der Waals surface area contributed by atoms with Crippen molar-refractivity contribution >= 4 is 15.6 Å². The molecule has 0 amide bonds. The fraction of sp³-hybridized carbons (Fsp3) is 0.562. The minimum Gasteiger partial charge on any atom is -0.343 e. The van der Waals surface area contributed by atoms with E-state index >= 15 is 0 Å². The number of rotatable bonds is 2. The zero-order valence-corrected chi connectivity index (χ0v) is 13.6. The van der Waals surface area contributed by atoms with Gasteiger partial charge in [-0.1, -0.05) is 32.0 Å². The van der Waals surface area contributed by atoms with Gasteiger partial charge in [0.1, 0.15) is 5.25 Å². The maximum atomic E-state index is 13.0. The van der Waals surface area contributed by atoms with Crippen molar-refractivity contribution in [3.05, 3.63) is 30.3 Å². The summed E-state index contributed by atoms with van der Waals surface area (Å²) in [5.41, 5.74) is -0.646. The van der Waals surface area contributed by atoms with Gasteiger partial charge in [-0.3, -0.25) is 4.79 Å². The molecular formula is C16H20O5S. The molecule has 2 aliphatic rings. The minimum absolute atomic E-state index is 0.199. The third-order valence-corrected chi connectivity index (χ3v) is 6.77. The van der Waals surface area contributed by atoms with Crippen LogP contribution in [0.25, 0.3) is 0 Å². The van der Waals surface area contributed by atoms with Gasteiger partial charge in [-0.05, 0) is 25.0 Å². The van der Waals surface area contributed by atoms with E-state index < -0.39 is 26.3 Å². The molecule has 0 radical (unpaired) electrons. The lowest BCUT2D eigenvalue weighted by atomic mass is 9.78. The standard InChI is InChI=1S/C16H20O5S/c1-15(2)9-11-21-16(14(15)17)13(8-10-20-16)22(18,19)12-6-4-3-5-7-12/h3-7,13H,8-11H2,1-2H3/t13-,16+/m0/s1. The fourth-order valence-electron chi connectivity index (χ4n) is 3.19. The van der Waals surface area contributed by atoms with Crippen molar-refractivity contribution in [1.82, 2.24) is 0 Å². The van der Waals surface area contributed by atoms with Crippen LogP contribution in [0.5, 0.6) is 0 Å². The molecule has 5 nitrogen and oxygen atoms in total. The van der Waals surface area contributed by atoms with Gasteiger partial charge in [0.25, 0.3) is 0 Å². The van der Waals surface area contributed by atoms with Gasteiger partial charge in [-0.25, -0.2) is 8.42 Å². The Morgan fingerprint density at radius 1 is 1.09 bits per heavy atom. The van der Waals surface area contributed by atoms with Crippen molar-refractivity contribution in [2.45, 2.75) is 42.6 Å². The van der Waals surface area contributed by atoms with Gasteiger partial charge in [0.2, 0.25) is 5.79 Å². The zero-order chi connectivity index (χ0) is 16.0. The van der Waals surface area contributed by atoms with Gasteiger partial charge in [-0.2, -0.15) is 0 Å². The van der Waals surface area contributed by atoms with Crippen molar-refractivity contribution in [3.8, 4) is 0 Å². The molecule has 6 heteroatoms. The molecule has 2 fully saturated rings. The first-order chi connectivity index (χ1) is 10.3. The topological polar surface area (TPSA) is 69.7 Å². The second-order valence-corrected chi connectivity index (χ2v) is 8.59. The van der Waals surface area contributed by atoms with Gasteiger partial charge in [-0.15, -0.1) is 0 Å². The van der Waals surface area contributed by atoms with Crippen molar-refractivity contribution in [1.29, 1.82) is 0 Å². The molecule has 2 aliphatic heterocycles. The second kappa shape index (κ2) is 5.15. The molecule has 3 rings (SSSR count). The van der Waals surface area contributed by atoms with E-state index in [2.05, 4.69) is 0 Å². The molecule has 1 spiro atoms. The average Bonchev–Trinajstić information content (AvgIpc) is 2.91. The quantitative estimate of drug-likeness (QED) is 0.832. The predicted molar refractivity (Wildman–Crippen MR) is 80.1 cm³/mol. The Bertz CT molecular complexity index is 680. The molecule has 0 aliphatic carbocycles. The van der Waals surface area contributed by atoms with E-state index in [-0.39, 0.29) is 23.7 Å². The van der Waals surface area contributed by atoms with Gasteiger partial charge < -0.3 is 9.47 Å². The average molecular weight is 324 g/mol. The lowest BCUT2D eigenvalue weighted by Crippen LogP contribution is -2.60. The molecule has 0 saturated carbocycles. The summed E-state index contributed by atoms with van der Waals surface area (Å²) in [6.45, 7) is 4.15. The minimum atomic E-state index is -3.70. The van der Waals surface area contributed by atoms with Crippen LogP contribution in [0.3, 0.4) is 0 Å². The summed E-state index contributed by atoms with van der Waals surface area (Å²) < 4.78 is 37.1. The Labute approximate surface area is 130 Å². The van der Waals surface area contributed by atoms with E-state index in [0.29, 0.717) is 13.0 Å². The molecule has 0 N–H and O–H groups in total. The molecule has 2 atom stereocenters. The molecule has 1 aromatic carbocycles. The highest BCUT2D eigenvalue weighted by atomic mass is 32.2. The Morgan fingerprint density at radius 2 is 1.73 bits per heavy atom. The van der Waals surface area contributed by atoms with Crippen LogP contribution in [0.15, 0.2) is 35.2 Å². The van der Waals surface area contributed by atoms with Crippen LogP contribution in [0.1, 0.15) is 26.7 Å². The normalized spacial score (nSPS) is 31.5. The van der Waals surface area contributed by atoms with E-state index in [9.17, 15) is 13.2 Å². The van der Waals surface area contributed by atoms with Gasteiger partial charge in [0, 0.05) is 5.41 Å². The number of sulfone groups is 1. The van der Waals surface area contributed by atoms with Gasteiger partial charge in [0.05, 0.1) is 18.1 Å². The maximum Gasteiger partial charge on any atom is 0.247 e. The first-order valence-corrected chi connectivity index (χ1v) is 8.97.